The standard InChI is InChI=1S/C9H8O3.C6H10O4/c1-6(10)7-2-4-8(5-3-7)9(11)12;7-5(8)3-1-2-4-6(9)10/h2-5H,1H3,(H,11,12);1-4H2,(H,7,8)(H,9,10). The fourth-order valence-corrected chi connectivity index (χ4v) is 1.40. The lowest BCUT2D eigenvalue weighted by atomic mass is 10.1. The Bertz CT molecular complexity index is 482. The zero-order valence-electron chi connectivity index (χ0n) is 12.1. The highest BCUT2D eigenvalue weighted by Gasteiger charge is 2.03. The Kier molecular flexibility index (Phi) is 8.85. The molecule has 0 aliphatic rings. The van der Waals surface area contributed by atoms with Crippen molar-refractivity contribution in [2.24, 2.45) is 0 Å². The number of rotatable bonds is 7. The summed E-state index contributed by atoms with van der Waals surface area (Å²) in [6, 6.07) is 5.84. The number of carboxylic acid groups (broad SMARTS) is 3. The SMILES string of the molecule is CC(=O)c1ccc(C(=O)O)cc1.O=C(O)CCCCC(=O)O. The third-order valence-electron chi connectivity index (χ3n) is 2.57. The average Bonchev–Trinajstić information content (AvgIpc) is 2.44. The van der Waals surface area contributed by atoms with E-state index >= 15 is 0 Å². The minimum absolute atomic E-state index is 0.0628. The average molecular weight is 310 g/mol. The van der Waals surface area contributed by atoms with Gasteiger partial charge in [0.15, 0.2) is 5.78 Å². The summed E-state index contributed by atoms with van der Waals surface area (Å²) in [4.78, 5) is 41.0. The summed E-state index contributed by atoms with van der Waals surface area (Å²) in [5, 5.41) is 24.8. The third kappa shape index (κ3) is 9.24. The quantitative estimate of drug-likeness (QED) is 0.520. The lowest BCUT2D eigenvalue weighted by molar-refractivity contribution is -0.139. The number of benzene rings is 1. The Labute approximate surface area is 127 Å². The van der Waals surface area contributed by atoms with E-state index in [1.165, 1.54) is 31.2 Å². The fraction of sp³-hybridized carbons (Fsp3) is 0.333. The van der Waals surface area contributed by atoms with Crippen LogP contribution in [-0.2, 0) is 9.59 Å². The van der Waals surface area contributed by atoms with Crippen molar-refractivity contribution in [3.05, 3.63) is 35.4 Å². The zero-order chi connectivity index (χ0) is 17.1. The Morgan fingerprint density at radius 1 is 0.773 bits per heavy atom. The maximum atomic E-state index is 10.8. The van der Waals surface area contributed by atoms with Gasteiger partial charge in [-0.2, -0.15) is 0 Å². The van der Waals surface area contributed by atoms with Crippen LogP contribution in [0.4, 0.5) is 0 Å². The van der Waals surface area contributed by atoms with Crippen LogP contribution in [0.5, 0.6) is 0 Å². The highest BCUT2D eigenvalue weighted by atomic mass is 16.4. The summed E-state index contributed by atoms with van der Waals surface area (Å²) in [5.41, 5.74) is 0.722. The molecular formula is C15H18O7. The largest absolute Gasteiger partial charge is 0.481 e. The van der Waals surface area contributed by atoms with Gasteiger partial charge in [-0.3, -0.25) is 14.4 Å². The van der Waals surface area contributed by atoms with E-state index in [0.717, 1.165) is 0 Å². The van der Waals surface area contributed by atoms with Crippen molar-refractivity contribution in [2.45, 2.75) is 32.6 Å². The molecular weight excluding hydrogens is 292 g/mol. The van der Waals surface area contributed by atoms with Crippen molar-refractivity contribution in [1.82, 2.24) is 0 Å². The Balaban J connectivity index is 0.000000409. The molecule has 0 aromatic heterocycles. The van der Waals surface area contributed by atoms with Gasteiger partial charge in [0, 0.05) is 18.4 Å². The molecule has 0 radical (unpaired) electrons. The summed E-state index contributed by atoms with van der Waals surface area (Å²) >= 11 is 0. The van der Waals surface area contributed by atoms with Crippen molar-refractivity contribution in [2.75, 3.05) is 0 Å². The second-order valence-electron chi connectivity index (χ2n) is 4.43. The predicted octanol–water partition coefficient (Wildman–Crippen LogP) is 2.30. The number of ketones is 1. The minimum Gasteiger partial charge on any atom is -0.481 e. The van der Waals surface area contributed by atoms with Gasteiger partial charge in [-0.1, -0.05) is 12.1 Å². The van der Waals surface area contributed by atoms with E-state index in [4.69, 9.17) is 15.3 Å². The first kappa shape index (κ1) is 19.3. The molecule has 3 N–H and O–H groups in total. The van der Waals surface area contributed by atoms with Crippen LogP contribution in [0.15, 0.2) is 24.3 Å². The molecule has 0 spiro atoms. The summed E-state index contributed by atoms with van der Waals surface area (Å²) in [6.07, 6.45) is 1.02. The van der Waals surface area contributed by atoms with E-state index < -0.39 is 17.9 Å². The van der Waals surface area contributed by atoms with Gasteiger partial charge in [-0.25, -0.2) is 4.79 Å². The second-order valence-corrected chi connectivity index (χ2v) is 4.43. The summed E-state index contributed by atoms with van der Waals surface area (Å²) in [6.45, 7) is 1.44. The first-order valence-corrected chi connectivity index (χ1v) is 6.52. The summed E-state index contributed by atoms with van der Waals surface area (Å²) < 4.78 is 0. The Hall–Kier alpha value is -2.70. The fourth-order valence-electron chi connectivity index (χ4n) is 1.40. The molecule has 1 aromatic carbocycles. The molecule has 0 amide bonds. The number of carboxylic acids is 3. The van der Waals surface area contributed by atoms with Gasteiger partial charge in [0.25, 0.3) is 0 Å². The van der Waals surface area contributed by atoms with Crippen LogP contribution in [0.1, 0.15) is 53.3 Å². The number of unbranched alkanes of at least 4 members (excludes halogenated alkanes) is 1. The number of aliphatic carboxylic acids is 2. The van der Waals surface area contributed by atoms with E-state index in [9.17, 15) is 19.2 Å². The summed E-state index contributed by atoms with van der Waals surface area (Å²) in [5.74, 6) is -2.78. The molecule has 0 heterocycles. The number of aromatic carboxylic acids is 1. The first-order chi connectivity index (χ1) is 10.2. The van der Waals surface area contributed by atoms with Gasteiger partial charge >= 0.3 is 17.9 Å². The Morgan fingerprint density at radius 2 is 1.14 bits per heavy atom. The van der Waals surface area contributed by atoms with Crippen molar-refractivity contribution in [3.63, 3.8) is 0 Å². The van der Waals surface area contributed by atoms with Crippen molar-refractivity contribution in [3.8, 4) is 0 Å². The molecule has 0 aliphatic carbocycles. The van der Waals surface area contributed by atoms with Crippen molar-refractivity contribution < 1.29 is 34.5 Å². The van der Waals surface area contributed by atoms with E-state index in [2.05, 4.69) is 0 Å². The Morgan fingerprint density at radius 3 is 1.41 bits per heavy atom. The van der Waals surface area contributed by atoms with Gasteiger partial charge < -0.3 is 15.3 Å². The highest BCUT2D eigenvalue weighted by Crippen LogP contribution is 2.04. The highest BCUT2D eigenvalue weighted by molar-refractivity contribution is 5.95. The molecule has 1 rings (SSSR count). The van der Waals surface area contributed by atoms with Crippen LogP contribution in [0, 0.1) is 0 Å². The molecule has 0 atom stereocenters. The number of carbonyl (C=O) groups is 4. The van der Waals surface area contributed by atoms with Gasteiger partial charge in [-0.05, 0) is 31.9 Å². The molecule has 0 aliphatic heterocycles. The molecule has 0 unspecified atom stereocenters. The van der Waals surface area contributed by atoms with Crippen molar-refractivity contribution >= 4 is 23.7 Å². The smallest absolute Gasteiger partial charge is 0.335 e. The van der Waals surface area contributed by atoms with Gasteiger partial charge in [-0.15, -0.1) is 0 Å². The monoisotopic (exact) mass is 310 g/mol. The number of hydrogen-bond acceptors (Lipinski definition) is 4. The van der Waals surface area contributed by atoms with Gasteiger partial charge in [0.1, 0.15) is 0 Å². The molecule has 1 aromatic rings. The second kappa shape index (κ2) is 10.1. The van der Waals surface area contributed by atoms with Crippen LogP contribution in [0.2, 0.25) is 0 Å². The molecule has 7 nitrogen and oxygen atoms in total. The van der Waals surface area contributed by atoms with E-state index in [1.54, 1.807) is 0 Å². The maximum absolute atomic E-state index is 10.8. The normalized spacial score (nSPS) is 9.32. The zero-order valence-corrected chi connectivity index (χ0v) is 12.1. The molecule has 120 valence electrons. The topological polar surface area (TPSA) is 129 Å². The van der Waals surface area contributed by atoms with Crippen LogP contribution in [-0.4, -0.2) is 39.0 Å². The van der Waals surface area contributed by atoms with Gasteiger partial charge in [0.2, 0.25) is 0 Å². The molecule has 0 saturated heterocycles. The van der Waals surface area contributed by atoms with E-state index in [-0.39, 0.29) is 24.2 Å². The molecule has 0 saturated carbocycles. The number of Topliss-reactive ketones (excluding diaryl/α,β-unsaturated/α-hetero) is 1. The molecule has 0 fully saturated rings. The van der Waals surface area contributed by atoms with E-state index in [1.807, 2.05) is 0 Å². The minimum atomic E-state index is -0.981. The molecule has 0 bridgehead atoms. The van der Waals surface area contributed by atoms with Crippen LogP contribution < -0.4 is 0 Å². The van der Waals surface area contributed by atoms with E-state index in [0.29, 0.717) is 18.4 Å². The maximum Gasteiger partial charge on any atom is 0.335 e. The predicted molar refractivity (Wildman–Crippen MR) is 77.1 cm³/mol. The number of hydrogen-bond donors (Lipinski definition) is 3. The first-order valence-electron chi connectivity index (χ1n) is 6.52. The summed E-state index contributed by atoms with van der Waals surface area (Å²) in [7, 11) is 0. The molecule has 22 heavy (non-hydrogen) atoms. The van der Waals surface area contributed by atoms with Crippen LogP contribution in [0.25, 0.3) is 0 Å². The van der Waals surface area contributed by atoms with Gasteiger partial charge in [0.05, 0.1) is 5.56 Å². The lowest BCUT2D eigenvalue weighted by Gasteiger charge is -1.95. The third-order valence-corrected chi connectivity index (χ3v) is 2.57. The molecule has 7 heteroatoms. The van der Waals surface area contributed by atoms with Crippen LogP contribution in [0.3, 0.4) is 0 Å². The lowest BCUT2D eigenvalue weighted by Crippen LogP contribution is -1.97. The number of carbonyl (C=O) groups excluding carboxylic acids is 1. The van der Waals surface area contributed by atoms with Crippen LogP contribution >= 0.6 is 0 Å². The van der Waals surface area contributed by atoms with Crippen molar-refractivity contribution in [1.29, 1.82) is 0 Å².